The molecule has 0 bridgehead atoms. The van der Waals surface area contributed by atoms with Gasteiger partial charge in [-0.25, -0.2) is 35.0 Å². The highest BCUT2D eigenvalue weighted by atomic mass is 32.2. The molecule has 0 aliphatic rings. The molecule has 2 atom stereocenters. The quantitative estimate of drug-likeness (QED) is 0.267. The summed E-state index contributed by atoms with van der Waals surface area (Å²) >= 11 is 0. The zero-order valence-corrected chi connectivity index (χ0v) is 23.0. The standard InChI is InChI=1S/C23H27N3O9S3/c1-36(29,30)13-12-18(21(27)23-25-17-10-6-7-11-20(17)35-23)24-22(28)19(26-37(2,31)32)15-38(33,34)14-16-8-4-3-5-9-16/h3-11,18-19,26H,12-15H2,1-2H3,(H,24,28)/t18-,19?/m0/s1. The predicted molar refractivity (Wildman–Crippen MR) is 140 cm³/mol. The van der Waals surface area contributed by atoms with Gasteiger partial charge in [-0.1, -0.05) is 42.5 Å². The molecule has 1 amide bonds. The van der Waals surface area contributed by atoms with E-state index in [0.29, 0.717) is 11.1 Å². The molecule has 2 aromatic carbocycles. The molecule has 3 aromatic rings. The molecule has 206 valence electrons. The number of para-hydroxylation sites is 2. The number of nitrogens with zero attached hydrogens (tertiary/aromatic N) is 1. The number of carbonyl (C=O) groups excluding carboxylic acids is 2. The van der Waals surface area contributed by atoms with Gasteiger partial charge >= 0.3 is 0 Å². The number of nitrogens with one attached hydrogen (secondary N) is 2. The van der Waals surface area contributed by atoms with Gasteiger partial charge in [0.05, 0.1) is 29.6 Å². The van der Waals surface area contributed by atoms with Crippen LogP contribution in [0.15, 0.2) is 59.0 Å². The van der Waals surface area contributed by atoms with Gasteiger partial charge < -0.3 is 9.73 Å². The molecule has 38 heavy (non-hydrogen) atoms. The van der Waals surface area contributed by atoms with Crippen molar-refractivity contribution in [3.8, 4) is 0 Å². The Balaban J connectivity index is 1.87. The van der Waals surface area contributed by atoms with Crippen molar-refractivity contribution in [1.82, 2.24) is 15.0 Å². The SMILES string of the molecule is CS(=O)(=O)CC[C@H](NC(=O)C(CS(=O)(=O)Cc1ccccc1)NS(C)(=O)=O)C(=O)c1nc2ccccc2o1. The highest BCUT2D eigenvalue weighted by molar-refractivity contribution is 7.91. The maximum absolute atomic E-state index is 13.2. The number of aromatic nitrogens is 1. The van der Waals surface area contributed by atoms with E-state index in [-0.39, 0.29) is 12.0 Å². The number of ketones is 1. The molecule has 0 aliphatic carbocycles. The van der Waals surface area contributed by atoms with Crippen molar-refractivity contribution in [3.63, 3.8) is 0 Å². The van der Waals surface area contributed by atoms with Gasteiger partial charge in [0, 0.05) is 6.26 Å². The van der Waals surface area contributed by atoms with Crippen molar-refractivity contribution in [2.75, 3.05) is 24.0 Å². The highest BCUT2D eigenvalue weighted by Crippen LogP contribution is 2.17. The van der Waals surface area contributed by atoms with Crippen LogP contribution < -0.4 is 10.0 Å². The molecule has 1 unspecified atom stereocenters. The second kappa shape index (κ2) is 11.7. The zero-order valence-electron chi connectivity index (χ0n) is 20.5. The summed E-state index contributed by atoms with van der Waals surface area (Å²) < 4.78 is 80.5. The Kier molecular flexibility index (Phi) is 9.07. The fraction of sp³-hybridized carbons (Fsp3) is 0.348. The summed E-state index contributed by atoms with van der Waals surface area (Å²) in [6.45, 7) is 0. The lowest BCUT2D eigenvalue weighted by Gasteiger charge is -2.21. The smallest absolute Gasteiger partial charge is 0.266 e. The van der Waals surface area contributed by atoms with Crippen LogP contribution >= 0.6 is 0 Å². The minimum atomic E-state index is -4.06. The fourth-order valence-corrected chi connectivity index (χ4v) is 6.60. The maximum Gasteiger partial charge on any atom is 0.266 e. The number of carbonyl (C=O) groups is 2. The van der Waals surface area contributed by atoms with Crippen molar-refractivity contribution < 1.29 is 39.3 Å². The summed E-state index contributed by atoms with van der Waals surface area (Å²) in [5, 5.41) is 2.30. The maximum atomic E-state index is 13.2. The van der Waals surface area contributed by atoms with Gasteiger partial charge in [-0.05, 0) is 24.1 Å². The number of rotatable bonds is 13. The number of hydrogen-bond acceptors (Lipinski definition) is 10. The lowest BCUT2D eigenvalue weighted by Crippen LogP contribution is -2.54. The van der Waals surface area contributed by atoms with Crippen LogP contribution in [0, 0.1) is 0 Å². The number of sulfonamides is 1. The lowest BCUT2D eigenvalue weighted by atomic mass is 10.1. The molecule has 0 fully saturated rings. The van der Waals surface area contributed by atoms with E-state index in [1.807, 2.05) is 4.72 Å². The average molecular weight is 586 g/mol. The molecule has 3 rings (SSSR count). The van der Waals surface area contributed by atoms with Gasteiger partial charge in [0.1, 0.15) is 21.4 Å². The summed E-state index contributed by atoms with van der Waals surface area (Å²) in [7, 11) is -11.6. The van der Waals surface area contributed by atoms with Gasteiger partial charge in [0.25, 0.3) is 5.89 Å². The number of benzene rings is 2. The van der Waals surface area contributed by atoms with Crippen molar-refractivity contribution in [3.05, 3.63) is 66.1 Å². The molecular formula is C23H27N3O9S3. The van der Waals surface area contributed by atoms with E-state index >= 15 is 0 Å². The van der Waals surface area contributed by atoms with Gasteiger partial charge in [0.15, 0.2) is 15.4 Å². The van der Waals surface area contributed by atoms with Gasteiger partial charge in [-0.2, -0.15) is 0 Å². The molecular weight excluding hydrogens is 558 g/mol. The summed E-state index contributed by atoms with van der Waals surface area (Å²) in [5.74, 6) is -4.24. The summed E-state index contributed by atoms with van der Waals surface area (Å²) in [4.78, 5) is 30.4. The Hall–Kier alpha value is -3.14. The molecule has 0 aliphatic heterocycles. The number of sulfone groups is 2. The summed E-state index contributed by atoms with van der Waals surface area (Å²) in [6, 6.07) is 11.3. The third-order valence-corrected chi connectivity index (χ3v) is 8.54. The number of hydrogen-bond donors (Lipinski definition) is 2. The van der Waals surface area contributed by atoms with E-state index in [1.165, 1.54) is 0 Å². The zero-order chi connectivity index (χ0) is 28.1. The largest absolute Gasteiger partial charge is 0.434 e. The fourth-order valence-electron chi connectivity index (χ4n) is 3.56. The summed E-state index contributed by atoms with van der Waals surface area (Å²) in [5.41, 5.74) is 1.07. The predicted octanol–water partition coefficient (Wildman–Crippen LogP) is 0.463. The Morgan fingerprint density at radius 1 is 0.895 bits per heavy atom. The van der Waals surface area contributed by atoms with Crippen LogP contribution in [0.2, 0.25) is 0 Å². The number of amides is 1. The van der Waals surface area contributed by atoms with E-state index in [2.05, 4.69) is 10.3 Å². The van der Waals surface area contributed by atoms with Crippen molar-refractivity contribution >= 4 is 52.5 Å². The Morgan fingerprint density at radius 2 is 1.53 bits per heavy atom. The molecule has 0 saturated heterocycles. The normalized spacial score (nSPS) is 14.2. The first-order chi connectivity index (χ1) is 17.6. The van der Waals surface area contributed by atoms with E-state index in [9.17, 15) is 34.8 Å². The number of oxazole rings is 1. The van der Waals surface area contributed by atoms with Crippen LogP contribution in [-0.4, -0.2) is 78.0 Å². The third-order valence-electron chi connectivity index (χ3n) is 5.24. The van der Waals surface area contributed by atoms with E-state index in [1.54, 1.807) is 54.6 Å². The van der Waals surface area contributed by atoms with E-state index in [0.717, 1.165) is 12.5 Å². The van der Waals surface area contributed by atoms with E-state index < -0.39 is 76.6 Å². The molecule has 0 radical (unpaired) electrons. The van der Waals surface area contributed by atoms with Gasteiger partial charge in [-0.3, -0.25) is 9.59 Å². The first kappa shape index (κ1) is 29.4. The highest BCUT2D eigenvalue weighted by Gasteiger charge is 2.33. The summed E-state index contributed by atoms with van der Waals surface area (Å²) in [6.07, 6.45) is 1.31. The van der Waals surface area contributed by atoms with Crippen LogP contribution in [0.25, 0.3) is 11.1 Å². The van der Waals surface area contributed by atoms with Crippen LogP contribution in [-0.2, 0) is 40.2 Å². The molecule has 2 N–H and O–H groups in total. The van der Waals surface area contributed by atoms with Crippen LogP contribution in [0.3, 0.4) is 0 Å². The van der Waals surface area contributed by atoms with E-state index in [4.69, 9.17) is 4.42 Å². The monoisotopic (exact) mass is 585 g/mol. The minimum absolute atomic E-state index is 0.285. The Bertz CT molecular complexity index is 1600. The first-order valence-electron chi connectivity index (χ1n) is 11.2. The lowest BCUT2D eigenvalue weighted by molar-refractivity contribution is -0.122. The minimum Gasteiger partial charge on any atom is -0.434 e. The Morgan fingerprint density at radius 3 is 2.13 bits per heavy atom. The molecule has 1 heterocycles. The molecule has 0 saturated carbocycles. The van der Waals surface area contributed by atoms with Crippen LogP contribution in [0.4, 0.5) is 0 Å². The first-order valence-corrected chi connectivity index (χ1v) is 17.0. The molecule has 15 heteroatoms. The van der Waals surface area contributed by atoms with Crippen molar-refractivity contribution in [2.24, 2.45) is 0 Å². The van der Waals surface area contributed by atoms with Crippen LogP contribution in [0.5, 0.6) is 0 Å². The second-order valence-electron chi connectivity index (χ2n) is 8.81. The molecule has 12 nitrogen and oxygen atoms in total. The van der Waals surface area contributed by atoms with Gasteiger partial charge in [-0.15, -0.1) is 0 Å². The number of Topliss-reactive ketones (excluding diaryl/α,β-unsaturated/α-hetero) is 1. The Labute approximate surface area is 220 Å². The second-order valence-corrected chi connectivity index (χ2v) is 15.0. The third kappa shape index (κ3) is 9.01. The molecule has 1 aromatic heterocycles. The average Bonchev–Trinajstić information content (AvgIpc) is 3.24. The topological polar surface area (TPSA) is 187 Å². The van der Waals surface area contributed by atoms with Crippen molar-refractivity contribution in [2.45, 2.75) is 24.3 Å². The van der Waals surface area contributed by atoms with Crippen LogP contribution in [0.1, 0.15) is 22.7 Å². The van der Waals surface area contributed by atoms with Crippen molar-refractivity contribution in [1.29, 1.82) is 0 Å². The van der Waals surface area contributed by atoms with Gasteiger partial charge in [0.2, 0.25) is 21.7 Å². The molecule has 0 spiro atoms. The number of fused-ring (bicyclic) bond motifs is 1.